The molecule has 0 saturated carbocycles. The Labute approximate surface area is 121 Å². The molecule has 0 amide bonds. The molecule has 0 saturated heterocycles. The van der Waals surface area contributed by atoms with Crippen LogP contribution in [-0.4, -0.2) is 16.1 Å². The van der Waals surface area contributed by atoms with Crippen molar-refractivity contribution in [2.45, 2.75) is 13.0 Å². The molecule has 104 valence electrons. The number of pyridine rings is 1. The van der Waals surface area contributed by atoms with Gasteiger partial charge in [-0.25, -0.2) is 9.78 Å². The van der Waals surface area contributed by atoms with Crippen molar-refractivity contribution in [1.29, 1.82) is 0 Å². The predicted molar refractivity (Wildman–Crippen MR) is 79.1 cm³/mol. The second kappa shape index (κ2) is 5.79. The Morgan fingerprint density at radius 3 is 2.80 bits per heavy atom. The molecule has 1 heterocycles. The molecular weight excluding hydrogens is 278 g/mol. The van der Waals surface area contributed by atoms with Gasteiger partial charge in [-0.1, -0.05) is 23.7 Å². The lowest BCUT2D eigenvalue weighted by atomic mass is 10.1. The first kappa shape index (κ1) is 14.1. The van der Waals surface area contributed by atoms with Crippen molar-refractivity contribution in [3.05, 3.63) is 52.7 Å². The first-order valence-corrected chi connectivity index (χ1v) is 6.37. The van der Waals surface area contributed by atoms with Crippen molar-refractivity contribution in [3.8, 4) is 0 Å². The maximum atomic E-state index is 10.9. The lowest BCUT2D eigenvalue weighted by Crippen LogP contribution is -2.12. The highest BCUT2D eigenvalue weighted by Gasteiger charge is 2.12. The van der Waals surface area contributed by atoms with E-state index < -0.39 is 5.97 Å². The minimum absolute atomic E-state index is 0.0556. The first-order valence-electron chi connectivity index (χ1n) is 5.99. The number of benzene rings is 1. The van der Waals surface area contributed by atoms with Gasteiger partial charge in [0.25, 0.3) is 0 Å². The highest BCUT2D eigenvalue weighted by atomic mass is 35.5. The molecule has 0 fully saturated rings. The number of nitrogen functional groups attached to an aromatic ring is 1. The van der Waals surface area contributed by atoms with E-state index in [0.29, 0.717) is 16.5 Å². The van der Waals surface area contributed by atoms with E-state index in [0.717, 1.165) is 5.56 Å². The van der Waals surface area contributed by atoms with Crippen molar-refractivity contribution >= 4 is 29.1 Å². The molecule has 6 heteroatoms. The van der Waals surface area contributed by atoms with Crippen LogP contribution in [0.15, 0.2) is 36.4 Å². The van der Waals surface area contributed by atoms with Gasteiger partial charge in [-0.2, -0.15) is 0 Å². The first-order chi connectivity index (χ1) is 9.47. The number of halogens is 1. The summed E-state index contributed by atoms with van der Waals surface area (Å²) in [5.41, 5.74) is 7.10. The number of carbonyl (C=O) groups is 1. The fourth-order valence-electron chi connectivity index (χ4n) is 1.77. The minimum Gasteiger partial charge on any atom is -0.477 e. The van der Waals surface area contributed by atoms with E-state index in [1.807, 2.05) is 25.1 Å². The zero-order chi connectivity index (χ0) is 14.7. The molecule has 1 aromatic carbocycles. The Morgan fingerprint density at radius 1 is 1.40 bits per heavy atom. The van der Waals surface area contributed by atoms with Crippen molar-refractivity contribution in [3.63, 3.8) is 0 Å². The third kappa shape index (κ3) is 3.19. The van der Waals surface area contributed by atoms with Gasteiger partial charge in [-0.15, -0.1) is 0 Å². The number of rotatable bonds is 4. The fourth-order valence-corrected chi connectivity index (χ4v) is 1.97. The van der Waals surface area contributed by atoms with Crippen LogP contribution in [0.2, 0.25) is 5.02 Å². The van der Waals surface area contributed by atoms with Gasteiger partial charge in [0.2, 0.25) is 0 Å². The summed E-state index contributed by atoms with van der Waals surface area (Å²) >= 11 is 5.94. The molecule has 2 rings (SSSR count). The van der Waals surface area contributed by atoms with Crippen LogP contribution >= 0.6 is 11.6 Å². The molecule has 1 unspecified atom stereocenters. The topological polar surface area (TPSA) is 88.2 Å². The van der Waals surface area contributed by atoms with Crippen LogP contribution in [0.4, 0.5) is 11.5 Å². The van der Waals surface area contributed by atoms with Crippen LogP contribution in [0.1, 0.15) is 29.0 Å². The van der Waals surface area contributed by atoms with Crippen LogP contribution in [0, 0.1) is 0 Å². The molecule has 20 heavy (non-hydrogen) atoms. The Balaban J connectivity index is 2.25. The number of nitrogens with zero attached hydrogens (tertiary/aromatic N) is 1. The molecule has 0 aliphatic carbocycles. The lowest BCUT2D eigenvalue weighted by molar-refractivity contribution is 0.0690. The number of nitrogens with two attached hydrogens (primary N) is 1. The molecule has 0 spiro atoms. The van der Waals surface area contributed by atoms with Crippen LogP contribution in [-0.2, 0) is 0 Å². The molecule has 1 atom stereocenters. The molecule has 1 aromatic heterocycles. The van der Waals surface area contributed by atoms with Crippen LogP contribution < -0.4 is 11.1 Å². The molecule has 2 aromatic rings. The molecule has 0 radical (unpaired) electrons. The van der Waals surface area contributed by atoms with E-state index in [1.165, 1.54) is 12.1 Å². The standard InChI is InChI=1S/C14H14ClN3O2/c1-8(9-3-2-4-10(15)7-9)17-13-11(16)5-6-12(18-13)14(19)20/h2-8H,16H2,1H3,(H,17,18)(H,19,20). The van der Waals surface area contributed by atoms with E-state index in [4.69, 9.17) is 22.4 Å². The van der Waals surface area contributed by atoms with Crippen molar-refractivity contribution < 1.29 is 9.90 Å². The largest absolute Gasteiger partial charge is 0.477 e. The van der Waals surface area contributed by atoms with Crippen LogP contribution in [0.3, 0.4) is 0 Å². The Morgan fingerprint density at radius 2 is 2.15 bits per heavy atom. The third-order valence-corrected chi connectivity index (χ3v) is 3.08. The smallest absolute Gasteiger partial charge is 0.354 e. The van der Waals surface area contributed by atoms with Gasteiger partial charge in [0, 0.05) is 5.02 Å². The quantitative estimate of drug-likeness (QED) is 0.805. The maximum absolute atomic E-state index is 10.9. The molecular formula is C14H14ClN3O2. The third-order valence-electron chi connectivity index (χ3n) is 2.85. The zero-order valence-corrected chi connectivity index (χ0v) is 11.6. The van der Waals surface area contributed by atoms with E-state index >= 15 is 0 Å². The number of aromatic carboxylic acids is 1. The highest BCUT2D eigenvalue weighted by Crippen LogP contribution is 2.24. The highest BCUT2D eigenvalue weighted by molar-refractivity contribution is 6.30. The van der Waals surface area contributed by atoms with Crippen LogP contribution in [0.25, 0.3) is 0 Å². The van der Waals surface area contributed by atoms with Crippen molar-refractivity contribution in [1.82, 2.24) is 4.98 Å². The summed E-state index contributed by atoms with van der Waals surface area (Å²) in [6, 6.07) is 10.2. The minimum atomic E-state index is -1.09. The van der Waals surface area contributed by atoms with Gasteiger partial charge in [-0.05, 0) is 36.8 Å². The Bertz CT molecular complexity index is 646. The second-order valence-corrected chi connectivity index (χ2v) is 4.80. The van der Waals surface area contributed by atoms with Gasteiger partial charge in [0.15, 0.2) is 11.5 Å². The number of carboxylic acids is 1. The van der Waals surface area contributed by atoms with Crippen LogP contribution in [0.5, 0.6) is 0 Å². The number of carboxylic acid groups (broad SMARTS) is 1. The van der Waals surface area contributed by atoms with Crippen molar-refractivity contribution in [2.24, 2.45) is 0 Å². The number of aromatic nitrogens is 1. The monoisotopic (exact) mass is 291 g/mol. The van der Waals surface area contributed by atoms with Gasteiger partial charge in [0.1, 0.15) is 0 Å². The summed E-state index contributed by atoms with van der Waals surface area (Å²) in [6.45, 7) is 1.92. The number of anilines is 2. The van der Waals surface area contributed by atoms with Gasteiger partial charge >= 0.3 is 5.97 Å². The normalized spacial score (nSPS) is 11.9. The van der Waals surface area contributed by atoms with Gasteiger partial charge < -0.3 is 16.2 Å². The number of hydrogen-bond donors (Lipinski definition) is 3. The Kier molecular flexibility index (Phi) is 4.10. The molecule has 5 nitrogen and oxygen atoms in total. The zero-order valence-electron chi connectivity index (χ0n) is 10.8. The molecule has 4 N–H and O–H groups in total. The summed E-state index contributed by atoms with van der Waals surface area (Å²) < 4.78 is 0. The SMILES string of the molecule is CC(Nc1nc(C(=O)O)ccc1N)c1cccc(Cl)c1. The van der Waals surface area contributed by atoms with Crippen molar-refractivity contribution in [2.75, 3.05) is 11.1 Å². The summed E-state index contributed by atoms with van der Waals surface area (Å²) in [4.78, 5) is 14.9. The van der Waals surface area contributed by atoms with E-state index in [9.17, 15) is 4.79 Å². The lowest BCUT2D eigenvalue weighted by Gasteiger charge is -2.16. The maximum Gasteiger partial charge on any atom is 0.354 e. The van der Waals surface area contributed by atoms with Gasteiger partial charge in [-0.3, -0.25) is 0 Å². The number of hydrogen-bond acceptors (Lipinski definition) is 4. The summed E-state index contributed by atoms with van der Waals surface area (Å²) in [7, 11) is 0. The predicted octanol–water partition coefficient (Wildman–Crippen LogP) is 3.19. The average molecular weight is 292 g/mol. The molecule has 0 aliphatic heterocycles. The summed E-state index contributed by atoms with van der Waals surface area (Å²) in [5.74, 6) is -0.749. The Hall–Kier alpha value is -2.27. The summed E-state index contributed by atoms with van der Waals surface area (Å²) in [6.07, 6.45) is 0. The van der Waals surface area contributed by atoms with Gasteiger partial charge in [0.05, 0.1) is 11.7 Å². The fraction of sp³-hybridized carbons (Fsp3) is 0.143. The summed E-state index contributed by atoms with van der Waals surface area (Å²) in [5, 5.41) is 12.7. The number of nitrogens with one attached hydrogen (secondary N) is 1. The average Bonchev–Trinajstić information content (AvgIpc) is 2.41. The van der Waals surface area contributed by atoms with E-state index in [1.54, 1.807) is 6.07 Å². The molecule has 0 aliphatic rings. The van der Waals surface area contributed by atoms with E-state index in [2.05, 4.69) is 10.3 Å². The molecule has 0 bridgehead atoms. The van der Waals surface area contributed by atoms with E-state index in [-0.39, 0.29) is 11.7 Å². The second-order valence-electron chi connectivity index (χ2n) is 4.36.